The Bertz CT molecular complexity index is 2120. The maximum absolute atomic E-state index is 15.1. The second-order valence-corrected chi connectivity index (χ2v) is 12.6. The third kappa shape index (κ3) is 5.93. The molecule has 0 saturated heterocycles. The molecule has 1 aliphatic carbocycles. The van der Waals surface area contributed by atoms with Crippen LogP contribution in [-0.4, -0.2) is 52.7 Å². The van der Waals surface area contributed by atoms with Crippen LogP contribution in [0.25, 0.3) is 22.2 Å². The summed E-state index contributed by atoms with van der Waals surface area (Å²) in [6.07, 6.45) is 0.179. The Balaban J connectivity index is 1.46. The van der Waals surface area contributed by atoms with E-state index in [1.165, 1.54) is 42.1 Å². The highest BCUT2D eigenvalue weighted by molar-refractivity contribution is 6.30. The number of aliphatic hydroxyl groups is 1. The van der Waals surface area contributed by atoms with Gasteiger partial charge in [-0.15, -0.1) is 0 Å². The SMILES string of the molecule is CC(O)c1nn([C@@H](C)c2ncc(F)cn2)c2nc(CC3CC3)c(C(N)=O)c(-c3ccc4c(c3)OC(F)(F)C(=O)N4Cc3ccc(Cl)cn3)c12. The summed E-state index contributed by atoms with van der Waals surface area (Å²) in [5.41, 5.74) is 7.51. The van der Waals surface area contributed by atoms with Crippen molar-refractivity contribution in [2.75, 3.05) is 4.90 Å². The fourth-order valence-electron chi connectivity index (χ4n) is 5.99. The number of halogens is 4. The molecule has 2 aliphatic rings. The van der Waals surface area contributed by atoms with Gasteiger partial charge in [0.25, 0.3) is 5.91 Å². The molecule has 0 spiro atoms. The molecule has 49 heavy (non-hydrogen) atoms. The van der Waals surface area contributed by atoms with Crippen LogP contribution < -0.4 is 15.4 Å². The number of hydrogen-bond acceptors (Lipinski definition) is 9. The summed E-state index contributed by atoms with van der Waals surface area (Å²) in [6, 6.07) is 6.58. The summed E-state index contributed by atoms with van der Waals surface area (Å²) in [4.78, 5) is 44.2. The van der Waals surface area contributed by atoms with Gasteiger partial charge in [0.1, 0.15) is 11.7 Å². The molecule has 252 valence electrons. The Morgan fingerprint density at radius 2 is 1.88 bits per heavy atom. The summed E-state index contributed by atoms with van der Waals surface area (Å²) < 4.78 is 50.4. The number of amides is 2. The zero-order chi connectivity index (χ0) is 34.8. The summed E-state index contributed by atoms with van der Waals surface area (Å²) in [7, 11) is 0. The fourth-order valence-corrected chi connectivity index (χ4v) is 6.10. The van der Waals surface area contributed by atoms with Crippen LogP contribution >= 0.6 is 11.6 Å². The minimum atomic E-state index is -4.23. The Kier molecular flexibility index (Phi) is 7.98. The number of benzene rings is 1. The van der Waals surface area contributed by atoms with Crippen LogP contribution in [0.15, 0.2) is 48.9 Å². The van der Waals surface area contributed by atoms with Gasteiger partial charge in [0.15, 0.2) is 23.0 Å². The molecule has 7 rings (SSSR count). The number of rotatable bonds is 9. The molecule has 16 heteroatoms. The number of nitrogens with two attached hydrogens (primary N) is 1. The predicted molar refractivity (Wildman–Crippen MR) is 170 cm³/mol. The summed E-state index contributed by atoms with van der Waals surface area (Å²) in [6.45, 7) is 2.88. The first-order valence-electron chi connectivity index (χ1n) is 15.4. The van der Waals surface area contributed by atoms with Crippen LogP contribution in [0, 0.1) is 11.7 Å². The lowest BCUT2D eigenvalue weighted by atomic mass is 9.91. The average molecular weight is 693 g/mol. The van der Waals surface area contributed by atoms with Gasteiger partial charge in [0, 0.05) is 11.8 Å². The molecular formula is C33H28ClF3N8O4. The molecule has 2 amide bonds. The molecular weight excluding hydrogens is 665 g/mol. The van der Waals surface area contributed by atoms with Gasteiger partial charge in [-0.05, 0) is 68.9 Å². The van der Waals surface area contributed by atoms with E-state index in [1.807, 2.05) is 0 Å². The van der Waals surface area contributed by atoms with Crippen molar-refractivity contribution >= 4 is 40.1 Å². The number of ether oxygens (including phenoxy) is 1. The number of carbonyl (C=O) groups excluding carboxylic acids is 2. The van der Waals surface area contributed by atoms with Crippen molar-refractivity contribution in [2.45, 2.75) is 57.9 Å². The van der Waals surface area contributed by atoms with E-state index in [2.05, 4.69) is 20.1 Å². The fraction of sp³-hybridized carbons (Fsp3) is 0.303. The zero-order valence-electron chi connectivity index (χ0n) is 26.1. The number of fused-ring (bicyclic) bond motifs is 2. The number of aliphatic hydroxyl groups excluding tert-OH is 1. The molecule has 1 fully saturated rings. The molecule has 3 N–H and O–H groups in total. The molecule has 1 aliphatic heterocycles. The molecule has 5 aromatic rings. The monoisotopic (exact) mass is 692 g/mol. The lowest BCUT2D eigenvalue weighted by Crippen LogP contribution is -2.50. The third-order valence-electron chi connectivity index (χ3n) is 8.52. The minimum Gasteiger partial charge on any atom is -0.423 e. The standard InChI is InChI=1S/C33H28ClF3N8O4/c1-15(30-40-12-20(35)13-41-30)45-31-27(28(43-45)16(2)46)25(26(29(38)47)22(42-31)9-17-3-4-17)18-5-8-23-24(10-18)49-33(36,37)32(48)44(23)14-21-7-6-19(34)11-39-21/h5-8,10-13,15-17,46H,3-4,9,14H2,1-2H3,(H2,38,47)/t15-,16?/m0/s1. The highest BCUT2D eigenvalue weighted by atomic mass is 35.5. The summed E-state index contributed by atoms with van der Waals surface area (Å²) in [5, 5.41) is 16.2. The Morgan fingerprint density at radius 1 is 1.14 bits per heavy atom. The molecule has 1 saturated carbocycles. The second-order valence-electron chi connectivity index (χ2n) is 12.1. The predicted octanol–water partition coefficient (Wildman–Crippen LogP) is 5.31. The quantitative estimate of drug-likeness (QED) is 0.209. The Hall–Kier alpha value is -5.15. The number of primary amides is 1. The van der Waals surface area contributed by atoms with Gasteiger partial charge >= 0.3 is 12.0 Å². The van der Waals surface area contributed by atoms with E-state index >= 15 is 8.78 Å². The van der Waals surface area contributed by atoms with E-state index in [1.54, 1.807) is 13.0 Å². The number of aromatic nitrogens is 6. The number of nitrogens with zero attached hydrogens (tertiary/aromatic N) is 7. The first kappa shape index (κ1) is 32.4. The van der Waals surface area contributed by atoms with Crippen molar-refractivity contribution in [1.82, 2.24) is 29.7 Å². The van der Waals surface area contributed by atoms with Crippen LogP contribution in [0.3, 0.4) is 0 Å². The summed E-state index contributed by atoms with van der Waals surface area (Å²) >= 11 is 5.93. The number of alkyl halides is 2. The Labute approximate surface area is 281 Å². The zero-order valence-corrected chi connectivity index (χ0v) is 26.8. The van der Waals surface area contributed by atoms with Crippen molar-refractivity contribution in [3.8, 4) is 16.9 Å². The van der Waals surface area contributed by atoms with Gasteiger partial charge in [-0.2, -0.15) is 13.9 Å². The van der Waals surface area contributed by atoms with E-state index in [0.29, 0.717) is 22.8 Å². The van der Waals surface area contributed by atoms with Crippen LogP contribution in [0.4, 0.5) is 18.9 Å². The van der Waals surface area contributed by atoms with Gasteiger partial charge in [0.2, 0.25) is 0 Å². The van der Waals surface area contributed by atoms with E-state index in [9.17, 15) is 19.1 Å². The summed E-state index contributed by atoms with van der Waals surface area (Å²) in [5.74, 6) is -2.94. The largest absolute Gasteiger partial charge is 0.482 e. The molecule has 1 aromatic carbocycles. The van der Waals surface area contributed by atoms with Crippen molar-refractivity contribution in [3.63, 3.8) is 0 Å². The molecule has 4 aromatic heterocycles. The van der Waals surface area contributed by atoms with E-state index in [-0.39, 0.29) is 63.1 Å². The molecule has 2 atom stereocenters. The molecule has 0 bridgehead atoms. The normalized spacial score (nSPS) is 16.7. The smallest absolute Gasteiger partial charge is 0.423 e. The van der Waals surface area contributed by atoms with Crippen LogP contribution in [0.5, 0.6) is 5.75 Å². The molecule has 1 unspecified atom stereocenters. The maximum Gasteiger partial charge on any atom is 0.482 e. The number of pyridine rings is 2. The van der Waals surface area contributed by atoms with Crippen LogP contribution in [0.2, 0.25) is 5.02 Å². The third-order valence-corrected chi connectivity index (χ3v) is 8.75. The van der Waals surface area contributed by atoms with Crippen LogP contribution in [-0.2, 0) is 17.8 Å². The number of anilines is 1. The number of carbonyl (C=O) groups is 2. The van der Waals surface area contributed by atoms with Gasteiger partial charge < -0.3 is 15.6 Å². The highest BCUT2D eigenvalue weighted by Crippen LogP contribution is 2.46. The van der Waals surface area contributed by atoms with E-state index in [0.717, 1.165) is 30.1 Å². The van der Waals surface area contributed by atoms with Crippen LogP contribution in [0.1, 0.15) is 72.1 Å². The molecule has 5 heterocycles. The van der Waals surface area contributed by atoms with Gasteiger partial charge in [0.05, 0.1) is 58.1 Å². The van der Waals surface area contributed by atoms with E-state index in [4.69, 9.17) is 27.1 Å². The first-order valence-corrected chi connectivity index (χ1v) is 15.7. The Morgan fingerprint density at radius 3 is 2.51 bits per heavy atom. The minimum absolute atomic E-state index is 0.0346. The number of hydrogen-bond donors (Lipinski definition) is 2. The first-order chi connectivity index (χ1) is 23.3. The van der Waals surface area contributed by atoms with Gasteiger partial charge in [-0.1, -0.05) is 17.7 Å². The second kappa shape index (κ2) is 12.1. The van der Waals surface area contributed by atoms with Crippen molar-refractivity contribution < 1.29 is 32.6 Å². The van der Waals surface area contributed by atoms with Crippen molar-refractivity contribution in [3.05, 3.63) is 88.2 Å². The lowest BCUT2D eigenvalue weighted by molar-refractivity contribution is -0.193. The highest BCUT2D eigenvalue weighted by Gasteiger charge is 2.50. The molecule has 12 nitrogen and oxygen atoms in total. The van der Waals surface area contributed by atoms with Crippen molar-refractivity contribution in [1.29, 1.82) is 0 Å². The van der Waals surface area contributed by atoms with Gasteiger partial charge in [-0.3, -0.25) is 19.5 Å². The maximum atomic E-state index is 15.1. The average Bonchev–Trinajstić information content (AvgIpc) is 3.79. The topological polar surface area (TPSA) is 162 Å². The van der Waals surface area contributed by atoms with Gasteiger partial charge in [-0.25, -0.2) is 24.0 Å². The lowest BCUT2D eigenvalue weighted by Gasteiger charge is -2.33. The van der Waals surface area contributed by atoms with Crippen molar-refractivity contribution in [2.24, 2.45) is 11.7 Å². The van der Waals surface area contributed by atoms with E-state index < -0.39 is 35.9 Å². The molecule has 0 radical (unpaired) electrons.